The topological polar surface area (TPSA) is 12.5 Å². The number of ether oxygens (including phenoxy) is 1. The van der Waals surface area contributed by atoms with Crippen molar-refractivity contribution in [2.24, 2.45) is 64.6 Å². The Labute approximate surface area is 167 Å². The van der Waals surface area contributed by atoms with Crippen LogP contribution in [0.25, 0.3) is 0 Å². The van der Waals surface area contributed by atoms with Gasteiger partial charge in [-0.05, 0) is 110 Å². The van der Waals surface area contributed by atoms with Gasteiger partial charge in [-0.15, -0.1) is 0 Å². The lowest BCUT2D eigenvalue weighted by molar-refractivity contribution is -0.196. The van der Waals surface area contributed by atoms with Gasteiger partial charge in [0.1, 0.15) is 0 Å². The maximum absolute atomic E-state index is 13.3. The molecule has 12 atom stereocenters. The maximum Gasteiger partial charge on any atom is 0.391 e. The van der Waals surface area contributed by atoms with E-state index >= 15 is 0 Å². The maximum atomic E-state index is 13.3. The van der Waals surface area contributed by atoms with E-state index in [0.29, 0.717) is 36.2 Å². The van der Waals surface area contributed by atoms with Crippen molar-refractivity contribution >= 4 is 0 Å². The van der Waals surface area contributed by atoms with Crippen LogP contribution in [0, 0.1) is 64.6 Å². The molecule has 1 saturated heterocycles. The summed E-state index contributed by atoms with van der Waals surface area (Å²) in [6.45, 7) is 6.03. The zero-order chi connectivity index (χ0) is 19.4. The smallest absolute Gasteiger partial charge is 0.373 e. The highest BCUT2D eigenvalue weighted by atomic mass is 19.4. The number of halogens is 3. The van der Waals surface area contributed by atoms with Crippen molar-refractivity contribution in [1.82, 2.24) is 0 Å². The van der Waals surface area contributed by atoms with Gasteiger partial charge in [0.15, 0.2) is 0 Å². The van der Waals surface area contributed by atoms with Crippen LogP contribution in [-0.2, 0) is 4.74 Å². The highest BCUT2D eigenvalue weighted by Crippen LogP contribution is 2.77. The van der Waals surface area contributed by atoms with Crippen LogP contribution in [0.3, 0.4) is 0 Å². The lowest BCUT2D eigenvalue weighted by Crippen LogP contribution is -2.51. The second-order valence-corrected chi connectivity index (χ2v) is 11.8. The molecule has 0 aromatic rings. The summed E-state index contributed by atoms with van der Waals surface area (Å²) in [5.74, 6) is 5.79. The van der Waals surface area contributed by atoms with Gasteiger partial charge in [0.05, 0.1) is 18.6 Å². The number of epoxide rings is 1. The van der Waals surface area contributed by atoms with Crippen molar-refractivity contribution in [3.63, 3.8) is 0 Å². The Morgan fingerprint density at radius 2 is 1.71 bits per heavy atom. The van der Waals surface area contributed by atoms with Gasteiger partial charge in [0.25, 0.3) is 0 Å². The summed E-state index contributed by atoms with van der Waals surface area (Å²) in [6, 6.07) is 0. The van der Waals surface area contributed by atoms with Crippen LogP contribution in [0.15, 0.2) is 0 Å². The fourth-order valence-corrected chi connectivity index (χ4v) is 9.66. The first-order valence-corrected chi connectivity index (χ1v) is 12.0. The Kier molecular flexibility index (Phi) is 3.91. The van der Waals surface area contributed by atoms with Crippen LogP contribution in [0.4, 0.5) is 13.2 Å². The Bertz CT molecular complexity index is 642. The van der Waals surface area contributed by atoms with Crippen molar-refractivity contribution in [3.05, 3.63) is 0 Å². The molecule has 6 aliphatic rings. The molecule has 1 aliphatic heterocycles. The minimum atomic E-state index is -3.98. The van der Waals surface area contributed by atoms with E-state index in [-0.39, 0.29) is 0 Å². The van der Waals surface area contributed by atoms with Gasteiger partial charge in [-0.25, -0.2) is 0 Å². The van der Waals surface area contributed by atoms with Crippen LogP contribution >= 0.6 is 0 Å². The summed E-state index contributed by atoms with van der Waals surface area (Å²) in [7, 11) is 0. The van der Waals surface area contributed by atoms with E-state index in [0.717, 1.165) is 60.9 Å². The van der Waals surface area contributed by atoms with Crippen molar-refractivity contribution in [1.29, 1.82) is 0 Å². The SMILES string of the molecule is C[C@@H]1C2C1C1C3CCC4CC(C(F)(F)F)CCC4C3CCC1(C)C2CC1CO1. The molecule has 0 aromatic heterocycles. The molecular formula is C24H35F3O. The summed E-state index contributed by atoms with van der Waals surface area (Å²) in [5, 5.41) is 0. The third-order valence-electron chi connectivity index (χ3n) is 10.9. The average Bonchev–Trinajstić information content (AvgIpc) is 3.54. The van der Waals surface area contributed by atoms with Gasteiger partial charge in [-0.2, -0.15) is 13.2 Å². The standard InChI is InChI=1S/C24H35F3O/c1-12-20-19(10-15-11-28-15)23(2)8-7-17-16-6-4-14(24(25,26)27)9-13(16)3-5-18(17)22(23)21(12)20/h12-22H,3-11H2,1-2H3/t12-,13?,14?,15?,16?,17?,18?,19?,20?,21?,22?,23?/m1/s1. The zero-order valence-corrected chi connectivity index (χ0v) is 17.3. The van der Waals surface area contributed by atoms with Crippen LogP contribution in [0.2, 0.25) is 0 Å². The lowest BCUT2D eigenvalue weighted by Gasteiger charge is -2.57. The van der Waals surface area contributed by atoms with E-state index in [4.69, 9.17) is 4.74 Å². The average molecular weight is 397 g/mol. The number of hydrogen-bond donors (Lipinski definition) is 0. The van der Waals surface area contributed by atoms with Crippen molar-refractivity contribution in [3.8, 4) is 0 Å². The molecular weight excluding hydrogens is 361 g/mol. The van der Waals surface area contributed by atoms with Crippen LogP contribution < -0.4 is 0 Å². The molecule has 5 aliphatic carbocycles. The van der Waals surface area contributed by atoms with Crippen molar-refractivity contribution in [2.45, 2.75) is 77.5 Å². The first-order valence-electron chi connectivity index (χ1n) is 12.0. The first-order chi connectivity index (χ1) is 13.3. The second kappa shape index (κ2) is 5.92. The summed E-state index contributed by atoms with van der Waals surface area (Å²) in [6.07, 6.45) is 4.34. The number of hydrogen-bond acceptors (Lipinski definition) is 1. The largest absolute Gasteiger partial charge is 0.391 e. The fourth-order valence-electron chi connectivity index (χ4n) is 9.66. The molecule has 158 valence electrons. The van der Waals surface area contributed by atoms with Crippen LogP contribution in [0.5, 0.6) is 0 Å². The molecule has 11 unspecified atom stereocenters. The van der Waals surface area contributed by atoms with Gasteiger partial charge >= 0.3 is 6.18 Å². The fraction of sp³-hybridized carbons (Fsp3) is 1.00. The number of alkyl halides is 3. The predicted molar refractivity (Wildman–Crippen MR) is 101 cm³/mol. The minimum Gasteiger partial charge on any atom is -0.373 e. The van der Waals surface area contributed by atoms with Gasteiger partial charge < -0.3 is 4.74 Å². The number of fused-ring (bicyclic) bond motifs is 7. The molecule has 6 fully saturated rings. The van der Waals surface area contributed by atoms with Gasteiger partial charge in [-0.3, -0.25) is 0 Å². The molecule has 4 heteroatoms. The van der Waals surface area contributed by atoms with E-state index in [9.17, 15) is 13.2 Å². The van der Waals surface area contributed by atoms with Crippen molar-refractivity contribution in [2.75, 3.05) is 6.61 Å². The zero-order valence-electron chi connectivity index (χ0n) is 17.3. The highest BCUT2D eigenvalue weighted by Gasteiger charge is 2.72. The van der Waals surface area contributed by atoms with Crippen molar-refractivity contribution < 1.29 is 17.9 Å². The van der Waals surface area contributed by atoms with Crippen LogP contribution in [-0.4, -0.2) is 18.9 Å². The molecule has 0 radical (unpaired) electrons. The quantitative estimate of drug-likeness (QED) is 0.497. The molecule has 0 N–H and O–H groups in total. The summed E-state index contributed by atoms with van der Waals surface area (Å²) in [4.78, 5) is 0. The number of rotatable bonds is 2. The van der Waals surface area contributed by atoms with Crippen LogP contribution in [0.1, 0.15) is 65.2 Å². The molecule has 0 amide bonds. The third kappa shape index (κ3) is 2.54. The Morgan fingerprint density at radius 3 is 2.43 bits per heavy atom. The minimum absolute atomic E-state index is 0.343. The molecule has 0 aromatic carbocycles. The second-order valence-electron chi connectivity index (χ2n) is 11.8. The van der Waals surface area contributed by atoms with E-state index in [1.54, 1.807) is 0 Å². The Balaban J connectivity index is 1.23. The molecule has 6 rings (SSSR count). The molecule has 1 nitrogen and oxygen atoms in total. The molecule has 28 heavy (non-hydrogen) atoms. The van der Waals surface area contributed by atoms with E-state index < -0.39 is 12.1 Å². The Hall–Kier alpha value is -0.250. The molecule has 0 bridgehead atoms. The lowest BCUT2D eigenvalue weighted by atomic mass is 9.47. The molecule has 5 saturated carbocycles. The Morgan fingerprint density at radius 1 is 0.964 bits per heavy atom. The summed E-state index contributed by atoms with van der Waals surface area (Å²) in [5.41, 5.74) is 0.477. The highest BCUT2D eigenvalue weighted by molar-refractivity contribution is 5.20. The normalized spacial score (nSPS) is 59.7. The van der Waals surface area contributed by atoms with Gasteiger partial charge in [0, 0.05) is 0 Å². The molecule has 0 spiro atoms. The molecule has 1 heterocycles. The monoisotopic (exact) mass is 396 g/mol. The van der Waals surface area contributed by atoms with E-state index in [1.165, 1.54) is 25.7 Å². The first kappa shape index (κ1) is 18.5. The van der Waals surface area contributed by atoms with Gasteiger partial charge in [0.2, 0.25) is 0 Å². The third-order valence-corrected chi connectivity index (χ3v) is 10.9. The summed E-state index contributed by atoms with van der Waals surface area (Å²) >= 11 is 0. The van der Waals surface area contributed by atoms with E-state index in [2.05, 4.69) is 13.8 Å². The predicted octanol–water partition coefficient (Wildman–Crippen LogP) is 6.32. The summed E-state index contributed by atoms with van der Waals surface area (Å²) < 4.78 is 45.5. The van der Waals surface area contributed by atoms with E-state index in [1.807, 2.05) is 0 Å². The van der Waals surface area contributed by atoms with Gasteiger partial charge in [-0.1, -0.05) is 13.8 Å².